The third kappa shape index (κ3) is 8.06. The first-order valence-corrected chi connectivity index (χ1v) is 16.3. The van der Waals surface area contributed by atoms with E-state index in [2.05, 4.69) is 20.2 Å². The lowest BCUT2D eigenvalue weighted by Gasteiger charge is -2.33. The summed E-state index contributed by atoms with van der Waals surface area (Å²) in [4.78, 5) is 12.6. The Morgan fingerprint density at radius 1 is 1.11 bits per heavy atom. The molecule has 244 valence electrons. The van der Waals surface area contributed by atoms with Crippen molar-refractivity contribution in [2.24, 2.45) is 0 Å². The quantitative estimate of drug-likeness (QED) is 0.233. The molecule has 0 spiro atoms. The molecule has 0 unspecified atom stereocenters. The molecule has 1 fully saturated rings. The maximum absolute atomic E-state index is 13.5. The van der Waals surface area contributed by atoms with E-state index in [9.17, 15) is 26.8 Å². The van der Waals surface area contributed by atoms with Crippen LogP contribution < -0.4 is 20.2 Å². The van der Waals surface area contributed by atoms with Gasteiger partial charge in [-0.1, -0.05) is 11.6 Å². The van der Waals surface area contributed by atoms with Crippen LogP contribution in [0.15, 0.2) is 42.7 Å². The lowest BCUT2D eigenvalue weighted by molar-refractivity contribution is -0.137. The minimum atomic E-state index is -4.83. The van der Waals surface area contributed by atoms with Crippen LogP contribution in [-0.2, 0) is 29.2 Å². The number of piperazine rings is 1. The van der Waals surface area contributed by atoms with Gasteiger partial charge in [-0.05, 0) is 49.2 Å². The Labute approximate surface area is 263 Å². The second-order valence-corrected chi connectivity index (χ2v) is 13.2. The van der Waals surface area contributed by atoms with Crippen LogP contribution in [0.2, 0.25) is 5.02 Å². The molecule has 2 aromatic carbocycles. The lowest BCUT2D eigenvalue weighted by atomic mass is 10.0. The third-order valence-corrected chi connectivity index (χ3v) is 9.33. The van der Waals surface area contributed by atoms with Crippen molar-refractivity contribution in [1.82, 2.24) is 19.2 Å². The van der Waals surface area contributed by atoms with Gasteiger partial charge in [-0.3, -0.25) is 5.21 Å². The zero-order chi connectivity index (χ0) is 32.4. The van der Waals surface area contributed by atoms with E-state index in [1.54, 1.807) is 23.1 Å². The highest BCUT2D eigenvalue weighted by Gasteiger charge is 2.35. The molecule has 0 saturated carbocycles. The van der Waals surface area contributed by atoms with Crippen LogP contribution in [0, 0.1) is 5.21 Å². The standard InChI is InChI=1S/C28H32ClF3N7O5S/c1-45(42,43)38-12-10-36(11-13-38)8-2-14-44-26-6-3-19(15-23(26)29)35-27-21-7-9-37(17-24(21)33-18-34-27)20-4-5-25(39(40)41)22(16-20)28(30,31)32/h3-6,15-16,18,40H,2,7-14,17H2,1H3,(H,33,34,35)/q-1. The smallest absolute Gasteiger partial charge is 0.418 e. The normalized spacial score (nSPS) is 16.4. The Morgan fingerprint density at radius 3 is 2.53 bits per heavy atom. The van der Waals surface area contributed by atoms with Gasteiger partial charge < -0.3 is 30.3 Å². The topological polar surface area (TPSA) is 137 Å². The fourth-order valence-corrected chi connectivity index (χ4v) is 6.45. The Kier molecular flexibility index (Phi) is 9.91. The van der Waals surface area contributed by atoms with Crippen LogP contribution in [0.4, 0.5) is 36.1 Å². The summed E-state index contributed by atoms with van der Waals surface area (Å²) in [5.41, 5.74) is 0.237. The van der Waals surface area contributed by atoms with Gasteiger partial charge in [0.1, 0.15) is 17.9 Å². The fraction of sp³-hybridized carbons (Fsp3) is 0.429. The SMILES string of the molecule is CS(=O)(=O)N1CCN(CCCOc2ccc(Nc3ncnc4c3CCN(c3ccc(N([O-])O)c(C(F)(F)F)c3)C4)cc2Cl)CC1. The van der Waals surface area contributed by atoms with Crippen LogP contribution in [-0.4, -0.2) is 84.9 Å². The minimum Gasteiger partial charge on any atom is -0.733 e. The number of fused-ring (bicyclic) bond motifs is 1. The predicted octanol–water partition coefficient (Wildman–Crippen LogP) is 4.49. The van der Waals surface area contributed by atoms with Gasteiger partial charge in [0, 0.05) is 56.2 Å². The largest absolute Gasteiger partial charge is 0.733 e. The van der Waals surface area contributed by atoms with Crippen molar-refractivity contribution in [2.75, 3.05) is 67.6 Å². The van der Waals surface area contributed by atoms with E-state index in [-0.39, 0.29) is 12.2 Å². The Morgan fingerprint density at radius 2 is 1.87 bits per heavy atom. The number of alkyl halides is 3. The van der Waals surface area contributed by atoms with Crippen molar-refractivity contribution >= 4 is 44.5 Å². The van der Waals surface area contributed by atoms with Gasteiger partial charge in [-0.2, -0.15) is 17.5 Å². The lowest BCUT2D eigenvalue weighted by Crippen LogP contribution is -2.48. The van der Waals surface area contributed by atoms with Gasteiger partial charge in [0.25, 0.3) is 0 Å². The van der Waals surface area contributed by atoms with E-state index >= 15 is 0 Å². The molecule has 5 rings (SSSR count). The van der Waals surface area contributed by atoms with Gasteiger partial charge >= 0.3 is 6.18 Å². The number of ether oxygens (including phenoxy) is 1. The van der Waals surface area contributed by atoms with E-state index in [0.717, 1.165) is 30.7 Å². The Hall–Kier alpha value is -3.41. The van der Waals surface area contributed by atoms with Crippen LogP contribution in [0.25, 0.3) is 0 Å². The number of nitrogens with zero attached hydrogens (tertiary/aromatic N) is 6. The molecular weight excluding hydrogens is 639 g/mol. The highest BCUT2D eigenvalue weighted by molar-refractivity contribution is 7.88. The third-order valence-electron chi connectivity index (χ3n) is 7.73. The summed E-state index contributed by atoms with van der Waals surface area (Å²) in [6.07, 6.45) is -1.04. The van der Waals surface area contributed by atoms with Crippen molar-refractivity contribution in [2.45, 2.75) is 25.6 Å². The van der Waals surface area contributed by atoms with E-state index in [0.29, 0.717) is 73.7 Å². The number of hydrogen-bond acceptors (Lipinski definition) is 11. The van der Waals surface area contributed by atoms with Crippen LogP contribution in [0.5, 0.6) is 5.75 Å². The summed E-state index contributed by atoms with van der Waals surface area (Å²) in [6, 6.07) is 8.40. The highest BCUT2D eigenvalue weighted by Crippen LogP contribution is 2.39. The van der Waals surface area contributed by atoms with Crippen molar-refractivity contribution in [3.63, 3.8) is 0 Å². The molecule has 1 aromatic heterocycles. The first-order chi connectivity index (χ1) is 21.3. The first kappa shape index (κ1) is 33.0. The number of anilines is 4. The molecule has 17 heteroatoms. The molecule has 45 heavy (non-hydrogen) atoms. The van der Waals surface area contributed by atoms with Crippen molar-refractivity contribution in [1.29, 1.82) is 0 Å². The number of aromatic nitrogens is 2. The number of sulfonamides is 1. The second-order valence-electron chi connectivity index (χ2n) is 10.8. The summed E-state index contributed by atoms with van der Waals surface area (Å²) in [5, 5.41) is 23.2. The molecule has 3 aromatic rings. The summed E-state index contributed by atoms with van der Waals surface area (Å²) in [5.74, 6) is 1.07. The van der Waals surface area contributed by atoms with Gasteiger partial charge in [-0.25, -0.2) is 18.4 Å². The molecule has 0 amide bonds. The summed E-state index contributed by atoms with van der Waals surface area (Å²) >= 11 is 6.49. The van der Waals surface area contributed by atoms with E-state index < -0.39 is 32.7 Å². The zero-order valence-corrected chi connectivity index (χ0v) is 25.9. The summed E-state index contributed by atoms with van der Waals surface area (Å²) in [7, 11) is -3.16. The summed E-state index contributed by atoms with van der Waals surface area (Å²) < 4.78 is 71.3. The van der Waals surface area contributed by atoms with Gasteiger partial charge in [0.2, 0.25) is 10.0 Å². The molecule has 0 aliphatic carbocycles. The maximum atomic E-state index is 13.5. The average molecular weight is 671 g/mol. The molecule has 12 nitrogen and oxygen atoms in total. The van der Waals surface area contributed by atoms with Crippen molar-refractivity contribution in [3.8, 4) is 5.75 Å². The molecule has 3 heterocycles. The minimum absolute atomic E-state index is 0.213. The van der Waals surface area contributed by atoms with Crippen molar-refractivity contribution < 1.29 is 31.5 Å². The first-order valence-electron chi connectivity index (χ1n) is 14.1. The zero-order valence-electron chi connectivity index (χ0n) is 24.3. The van der Waals surface area contributed by atoms with Gasteiger partial charge in [0.15, 0.2) is 0 Å². The molecule has 2 N–H and O–H groups in total. The number of hydrogen-bond donors (Lipinski definition) is 2. The predicted molar refractivity (Wildman–Crippen MR) is 164 cm³/mol. The summed E-state index contributed by atoms with van der Waals surface area (Å²) in [6.45, 7) is 4.13. The van der Waals surface area contributed by atoms with E-state index in [1.807, 2.05) is 0 Å². The number of halogens is 4. The second kappa shape index (κ2) is 13.5. The molecule has 1 saturated heterocycles. The fourth-order valence-electron chi connectivity index (χ4n) is 5.38. The average Bonchev–Trinajstić information content (AvgIpc) is 2.99. The maximum Gasteiger partial charge on any atom is 0.418 e. The molecule has 0 radical (unpaired) electrons. The molecule has 2 aliphatic rings. The molecule has 0 bridgehead atoms. The Bertz CT molecular complexity index is 1620. The van der Waals surface area contributed by atoms with Crippen molar-refractivity contribution in [3.05, 3.63) is 69.8 Å². The number of rotatable bonds is 10. The molecular formula is C28H32ClF3N7O5S-. The van der Waals surface area contributed by atoms with Crippen LogP contribution >= 0.6 is 11.6 Å². The van der Waals surface area contributed by atoms with Gasteiger partial charge in [-0.15, -0.1) is 0 Å². The van der Waals surface area contributed by atoms with Gasteiger partial charge in [0.05, 0.1) is 41.4 Å². The van der Waals surface area contributed by atoms with E-state index in [4.69, 9.17) is 21.5 Å². The Balaban J connectivity index is 1.17. The highest BCUT2D eigenvalue weighted by atomic mass is 35.5. The number of benzene rings is 2. The van der Waals surface area contributed by atoms with Crippen LogP contribution in [0.1, 0.15) is 23.2 Å². The van der Waals surface area contributed by atoms with E-state index in [1.165, 1.54) is 23.0 Å². The molecule has 2 aliphatic heterocycles. The molecule has 0 atom stereocenters. The monoisotopic (exact) mass is 670 g/mol. The number of nitrogens with one attached hydrogen (secondary N) is 1. The van der Waals surface area contributed by atoms with Crippen LogP contribution in [0.3, 0.4) is 0 Å².